The van der Waals surface area contributed by atoms with Crippen molar-refractivity contribution in [2.24, 2.45) is 0 Å². The van der Waals surface area contributed by atoms with Crippen LogP contribution in [0.2, 0.25) is 0 Å². The molecule has 0 bridgehead atoms. The average Bonchev–Trinajstić information content (AvgIpc) is 2.81. The van der Waals surface area contributed by atoms with Crippen molar-refractivity contribution in [2.45, 2.75) is 58.4 Å². The molecule has 4 heteroatoms. The normalized spacial score (nSPS) is 12.9. The molecule has 2 N–H and O–H groups in total. The minimum Gasteiger partial charge on any atom is -0.309 e. The maximum atomic E-state index is 4.15. The number of nitrogens with one attached hydrogen (secondary N) is 2. The van der Waals surface area contributed by atoms with Crippen LogP contribution in [0.3, 0.4) is 0 Å². The second-order valence-electron chi connectivity index (χ2n) is 4.21. The number of H-pyrrole nitrogens is 1. The molecule has 1 atom stereocenters. The lowest BCUT2D eigenvalue weighted by atomic mass is 10.0. The topological polar surface area (TPSA) is 53.6 Å². The summed E-state index contributed by atoms with van der Waals surface area (Å²) in [6, 6.07) is 0.366. The second kappa shape index (κ2) is 8.28. The van der Waals surface area contributed by atoms with Crippen molar-refractivity contribution >= 4 is 0 Å². The Hall–Kier alpha value is -0.900. The van der Waals surface area contributed by atoms with Gasteiger partial charge in [0.15, 0.2) is 0 Å². The monoisotopic (exact) mass is 224 g/mol. The maximum Gasteiger partial charge on any atom is 0.0993 e. The number of aromatic amines is 1. The summed E-state index contributed by atoms with van der Waals surface area (Å²) in [6.07, 6.45) is 9.59. The van der Waals surface area contributed by atoms with Crippen LogP contribution < -0.4 is 5.32 Å². The maximum absolute atomic E-state index is 4.15. The van der Waals surface area contributed by atoms with Crippen molar-refractivity contribution in [1.29, 1.82) is 0 Å². The van der Waals surface area contributed by atoms with Crippen molar-refractivity contribution in [3.8, 4) is 0 Å². The summed E-state index contributed by atoms with van der Waals surface area (Å²) in [5.41, 5.74) is 1.04. The highest BCUT2D eigenvalue weighted by Gasteiger charge is 2.11. The van der Waals surface area contributed by atoms with Gasteiger partial charge in [-0.2, -0.15) is 15.4 Å². The first-order valence-corrected chi connectivity index (χ1v) is 6.47. The molecule has 16 heavy (non-hydrogen) atoms. The fraction of sp³-hybridized carbons (Fsp3) is 0.833. The molecule has 0 spiro atoms. The van der Waals surface area contributed by atoms with Gasteiger partial charge in [0.2, 0.25) is 0 Å². The summed E-state index contributed by atoms with van der Waals surface area (Å²) in [5.74, 6) is 0. The van der Waals surface area contributed by atoms with Gasteiger partial charge in [-0.1, -0.05) is 46.0 Å². The number of hydrogen-bond acceptors (Lipinski definition) is 3. The Morgan fingerprint density at radius 3 is 2.69 bits per heavy atom. The number of nitrogens with zero attached hydrogens (tertiary/aromatic N) is 2. The minimum atomic E-state index is 0.366. The molecule has 0 aromatic carbocycles. The lowest BCUT2D eigenvalue weighted by molar-refractivity contribution is 0.469. The lowest BCUT2D eigenvalue weighted by Crippen LogP contribution is -2.21. The molecular formula is C12H24N4. The Kier molecular flexibility index (Phi) is 6.81. The van der Waals surface area contributed by atoms with E-state index in [4.69, 9.17) is 0 Å². The van der Waals surface area contributed by atoms with E-state index in [1.54, 1.807) is 0 Å². The van der Waals surface area contributed by atoms with Crippen molar-refractivity contribution < 1.29 is 0 Å². The number of unbranched alkanes of at least 4 members (excludes halogenated alkanes) is 4. The molecule has 0 aliphatic rings. The van der Waals surface area contributed by atoms with Gasteiger partial charge in [-0.15, -0.1) is 0 Å². The van der Waals surface area contributed by atoms with E-state index in [0.717, 1.165) is 18.7 Å². The predicted octanol–water partition coefficient (Wildman–Crippen LogP) is 2.82. The van der Waals surface area contributed by atoms with Crippen LogP contribution in [0.5, 0.6) is 0 Å². The van der Waals surface area contributed by atoms with Crippen LogP contribution in [0, 0.1) is 0 Å². The fourth-order valence-electron chi connectivity index (χ4n) is 1.93. The van der Waals surface area contributed by atoms with Gasteiger partial charge < -0.3 is 5.32 Å². The number of hydrogen-bond donors (Lipinski definition) is 2. The minimum absolute atomic E-state index is 0.366. The molecule has 1 aromatic rings. The summed E-state index contributed by atoms with van der Waals surface area (Å²) in [4.78, 5) is 0. The highest BCUT2D eigenvalue weighted by Crippen LogP contribution is 2.17. The van der Waals surface area contributed by atoms with Gasteiger partial charge in [0.05, 0.1) is 17.9 Å². The van der Waals surface area contributed by atoms with Gasteiger partial charge in [-0.3, -0.25) is 0 Å². The van der Waals surface area contributed by atoms with Gasteiger partial charge in [0.1, 0.15) is 0 Å². The average molecular weight is 224 g/mol. The molecule has 92 valence electrons. The van der Waals surface area contributed by atoms with E-state index < -0.39 is 0 Å². The van der Waals surface area contributed by atoms with Crippen LogP contribution in [0.15, 0.2) is 6.20 Å². The Balaban J connectivity index is 2.24. The summed E-state index contributed by atoms with van der Waals surface area (Å²) in [7, 11) is 0. The first-order chi connectivity index (χ1) is 7.88. The van der Waals surface area contributed by atoms with Gasteiger partial charge in [-0.05, 0) is 13.0 Å². The molecule has 1 aromatic heterocycles. The Labute approximate surface area is 98.2 Å². The molecule has 0 fully saturated rings. The summed E-state index contributed by atoms with van der Waals surface area (Å²) < 4.78 is 0. The van der Waals surface area contributed by atoms with Crippen LogP contribution in [0.25, 0.3) is 0 Å². The van der Waals surface area contributed by atoms with E-state index in [1.165, 1.54) is 32.1 Å². The van der Waals surface area contributed by atoms with Gasteiger partial charge in [0, 0.05) is 0 Å². The molecular weight excluding hydrogens is 200 g/mol. The Morgan fingerprint density at radius 2 is 2.06 bits per heavy atom. The first kappa shape index (κ1) is 13.2. The lowest BCUT2D eigenvalue weighted by Gasteiger charge is -2.14. The highest BCUT2D eigenvalue weighted by molar-refractivity contribution is 4.99. The van der Waals surface area contributed by atoms with Crippen LogP contribution in [0.4, 0.5) is 0 Å². The predicted molar refractivity (Wildman–Crippen MR) is 66.2 cm³/mol. The molecule has 1 rings (SSSR count). The number of rotatable bonds is 9. The van der Waals surface area contributed by atoms with E-state index in [0.29, 0.717) is 6.04 Å². The summed E-state index contributed by atoms with van der Waals surface area (Å²) >= 11 is 0. The molecule has 0 saturated carbocycles. The molecule has 0 radical (unpaired) electrons. The first-order valence-electron chi connectivity index (χ1n) is 6.47. The third kappa shape index (κ3) is 4.75. The smallest absolute Gasteiger partial charge is 0.0993 e. The second-order valence-corrected chi connectivity index (χ2v) is 4.21. The quantitative estimate of drug-likeness (QED) is 0.634. The van der Waals surface area contributed by atoms with E-state index in [1.807, 2.05) is 6.20 Å². The van der Waals surface area contributed by atoms with Gasteiger partial charge in [-0.25, -0.2) is 0 Å². The number of aromatic nitrogens is 3. The molecule has 1 heterocycles. The molecule has 4 nitrogen and oxygen atoms in total. The zero-order valence-electron chi connectivity index (χ0n) is 10.5. The zero-order chi connectivity index (χ0) is 11.6. The molecule has 0 amide bonds. The summed E-state index contributed by atoms with van der Waals surface area (Å²) in [5, 5.41) is 14.2. The third-order valence-electron chi connectivity index (χ3n) is 2.84. The van der Waals surface area contributed by atoms with Gasteiger partial charge in [0.25, 0.3) is 0 Å². The summed E-state index contributed by atoms with van der Waals surface area (Å²) in [6.45, 7) is 5.35. The third-order valence-corrected chi connectivity index (χ3v) is 2.84. The van der Waals surface area contributed by atoms with E-state index in [2.05, 4.69) is 34.6 Å². The molecule has 0 aliphatic heterocycles. The largest absolute Gasteiger partial charge is 0.309 e. The molecule has 1 unspecified atom stereocenters. The van der Waals surface area contributed by atoms with E-state index >= 15 is 0 Å². The van der Waals surface area contributed by atoms with Crippen LogP contribution in [-0.4, -0.2) is 22.0 Å². The van der Waals surface area contributed by atoms with Crippen LogP contribution in [-0.2, 0) is 0 Å². The Morgan fingerprint density at radius 1 is 1.25 bits per heavy atom. The fourth-order valence-corrected chi connectivity index (χ4v) is 1.93. The van der Waals surface area contributed by atoms with Crippen molar-refractivity contribution in [3.05, 3.63) is 11.9 Å². The van der Waals surface area contributed by atoms with E-state index in [9.17, 15) is 0 Å². The zero-order valence-corrected chi connectivity index (χ0v) is 10.5. The van der Waals surface area contributed by atoms with Crippen molar-refractivity contribution in [3.63, 3.8) is 0 Å². The highest BCUT2D eigenvalue weighted by atomic mass is 15.3. The van der Waals surface area contributed by atoms with Crippen LogP contribution >= 0.6 is 0 Å². The van der Waals surface area contributed by atoms with Gasteiger partial charge >= 0.3 is 0 Å². The van der Waals surface area contributed by atoms with Crippen molar-refractivity contribution in [2.75, 3.05) is 6.54 Å². The standard InChI is InChI=1S/C12H24N4/c1-3-5-6-7-8-9-11(13-4-2)12-10-14-16-15-12/h10-11,13H,3-9H2,1-2H3,(H,14,15,16). The SMILES string of the molecule is CCCCCCCC(NCC)c1cn[nH]n1. The molecule has 0 aliphatic carbocycles. The van der Waals surface area contributed by atoms with E-state index in [-0.39, 0.29) is 0 Å². The van der Waals surface area contributed by atoms with Crippen LogP contribution in [0.1, 0.15) is 64.1 Å². The van der Waals surface area contributed by atoms with Crippen molar-refractivity contribution in [1.82, 2.24) is 20.7 Å². The molecule has 0 saturated heterocycles. The Bertz CT molecular complexity index is 246.